The van der Waals surface area contributed by atoms with Crippen LogP contribution >= 0.6 is 11.6 Å². The molecule has 2 saturated heterocycles. The number of alkyl carbamates (subject to hydrolysis) is 1. The Morgan fingerprint density at radius 1 is 1.12 bits per heavy atom. The molecule has 0 radical (unpaired) electrons. The average molecular weight is 688 g/mol. The number of likely N-dealkylation sites (tertiary alicyclic amines) is 1. The number of aryl methyl sites for hydroxylation is 1. The third-order valence-electron chi connectivity index (χ3n) is 9.08. The highest BCUT2D eigenvalue weighted by molar-refractivity contribution is 6.38. The number of amides is 4. The number of benzene rings is 1. The lowest BCUT2D eigenvalue weighted by molar-refractivity contribution is -0.144. The van der Waals surface area contributed by atoms with Crippen molar-refractivity contribution >= 4 is 46.9 Å². The number of Topliss-reactive ketones (excluding diaryl/α,β-unsaturated/α-hetero) is 1. The molecule has 0 bridgehead atoms. The minimum atomic E-state index is -1.09. The third-order valence-corrected chi connectivity index (χ3v) is 9.30. The Labute approximate surface area is 285 Å². The van der Waals surface area contributed by atoms with E-state index in [1.54, 1.807) is 26.8 Å². The maximum absolute atomic E-state index is 14.5. The van der Waals surface area contributed by atoms with Crippen LogP contribution in [0.25, 0.3) is 0 Å². The van der Waals surface area contributed by atoms with Crippen LogP contribution in [0.4, 0.5) is 4.79 Å². The molecule has 13 nitrogen and oxygen atoms in total. The van der Waals surface area contributed by atoms with Crippen LogP contribution < -0.4 is 16.0 Å². The van der Waals surface area contributed by atoms with Gasteiger partial charge in [-0.3, -0.25) is 19.2 Å². The molecule has 1 spiro atoms. The SMILES string of the molecule is CCC[C@H](NC(=O)[C@@H]1C[C@]2(CC(c3cc(C)cc(Cl)c3)=NO2)CN1C(=O)[C@@H](NC(=O)O[C@H]1CCOC1)C(C)(C)C)C(=O)C(=O)NC1CC1. The summed E-state index contributed by atoms with van der Waals surface area (Å²) in [6, 6.07) is 2.30. The number of ketones is 1. The number of carbonyl (C=O) groups is 5. The van der Waals surface area contributed by atoms with Gasteiger partial charge in [0.25, 0.3) is 5.91 Å². The van der Waals surface area contributed by atoms with Crippen molar-refractivity contribution in [3.63, 3.8) is 0 Å². The molecule has 4 aliphatic rings. The zero-order valence-electron chi connectivity index (χ0n) is 28.2. The van der Waals surface area contributed by atoms with Crippen LogP contribution in [-0.2, 0) is 33.5 Å². The summed E-state index contributed by atoms with van der Waals surface area (Å²) >= 11 is 6.33. The van der Waals surface area contributed by atoms with Gasteiger partial charge in [0.2, 0.25) is 17.6 Å². The van der Waals surface area contributed by atoms with Gasteiger partial charge in [-0.15, -0.1) is 0 Å². The molecule has 3 fully saturated rings. The average Bonchev–Trinajstić information content (AvgIpc) is 3.37. The first-order valence-corrected chi connectivity index (χ1v) is 17.1. The number of ether oxygens (including phenoxy) is 2. The van der Waals surface area contributed by atoms with Crippen LogP contribution in [0.5, 0.6) is 0 Å². The number of nitrogens with one attached hydrogen (secondary N) is 3. The second kappa shape index (κ2) is 14.4. The van der Waals surface area contributed by atoms with Crippen molar-refractivity contribution in [3.8, 4) is 0 Å². The van der Waals surface area contributed by atoms with Gasteiger partial charge in [-0.2, -0.15) is 0 Å². The highest BCUT2D eigenvalue weighted by atomic mass is 35.5. The summed E-state index contributed by atoms with van der Waals surface area (Å²) in [7, 11) is 0. The predicted octanol–water partition coefficient (Wildman–Crippen LogP) is 3.17. The van der Waals surface area contributed by atoms with Gasteiger partial charge >= 0.3 is 6.09 Å². The van der Waals surface area contributed by atoms with E-state index >= 15 is 0 Å². The molecule has 48 heavy (non-hydrogen) atoms. The molecule has 5 atom stereocenters. The Kier molecular flexibility index (Phi) is 10.7. The fraction of sp³-hybridized carbons (Fsp3) is 0.647. The monoisotopic (exact) mass is 687 g/mol. The van der Waals surface area contributed by atoms with E-state index in [0.717, 1.165) is 24.0 Å². The van der Waals surface area contributed by atoms with Gasteiger partial charge in [0.1, 0.15) is 18.2 Å². The number of hydrogen-bond acceptors (Lipinski definition) is 9. The third kappa shape index (κ3) is 8.46. The molecule has 3 N–H and O–H groups in total. The Hall–Kier alpha value is -3.71. The van der Waals surface area contributed by atoms with Crippen LogP contribution in [0.2, 0.25) is 5.02 Å². The smallest absolute Gasteiger partial charge is 0.408 e. The van der Waals surface area contributed by atoms with Crippen LogP contribution in [0.15, 0.2) is 23.4 Å². The fourth-order valence-electron chi connectivity index (χ4n) is 6.38. The molecular formula is C34H46ClN5O8. The summed E-state index contributed by atoms with van der Waals surface area (Å²) in [5, 5.41) is 13.1. The van der Waals surface area contributed by atoms with Crippen molar-refractivity contribution < 1.29 is 38.3 Å². The molecule has 1 aromatic carbocycles. The molecule has 14 heteroatoms. The summed E-state index contributed by atoms with van der Waals surface area (Å²) in [5.41, 5.74) is 0.496. The van der Waals surface area contributed by atoms with Crippen molar-refractivity contribution in [2.45, 2.75) is 115 Å². The lowest BCUT2D eigenvalue weighted by atomic mass is 9.85. The summed E-state index contributed by atoms with van der Waals surface area (Å²) in [6.07, 6.45) is 2.14. The van der Waals surface area contributed by atoms with E-state index in [4.69, 9.17) is 25.9 Å². The summed E-state index contributed by atoms with van der Waals surface area (Å²) in [6.45, 7) is 9.93. The van der Waals surface area contributed by atoms with Gasteiger partial charge in [0.15, 0.2) is 5.60 Å². The number of rotatable bonds is 11. The molecule has 1 aliphatic carbocycles. The molecule has 262 valence electrons. The maximum Gasteiger partial charge on any atom is 0.408 e. The highest BCUT2D eigenvalue weighted by Gasteiger charge is 2.56. The standard InChI is InChI=1S/C34H46ClN5O8/c1-6-7-24(27(41)30(43)36-22-8-9-22)37-29(42)26-16-34(15-25(39-48-34)20-12-19(2)13-21(35)14-20)18-40(26)31(44)28(33(3,4)5)38-32(45)47-23-10-11-46-17-23/h12-14,22-24,26,28H,6-11,15-18H2,1-5H3,(H,36,43)(H,37,42)(H,38,45)/t23-,24-,26-,28+,34+/m0/s1. The summed E-state index contributed by atoms with van der Waals surface area (Å²) in [5.74, 6) is -2.57. The predicted molar refractivity (Wildman–Crippen MR) is 176 cm³/mol. The topological polar surface area (TPSA) is 165 Å². The first-order valence-electron chi connectivity index (χ1n) is 16.7. The van der Waals surface area contributed by atoms with E-state index in [1.807, 2.05) is 26.0 Å². The molecular weight excluding hydrogens is 642 g/mol. The second-order valence-electron chi connectivity index (χ2n) is 14.5. The van der Waals surface area contributed by atoms with Gasteiger partial charge in [-0.05, 0) is 55.4 Å². The number of hydrogen-bond donors (Lipinski definition) is 3. The van der Waals surface area contributed by atoms with Gasteiger partial charge < -0.3 is 35.2 Å². The van der Waals surface area contributed by atoms with E-state index < -0.39 is 64.8 Å². The molecule has 5 rings (SSSR count). The van der Waals surface area contributed by atoms with Gasteiger partial charge in [-0.25, -0.2) is 4.79 Å². The van der Waals surface area contributed by atoms with Crippen molar-refractivity contribution in [1.29, 1.82) is 0 Å². The largest absolute Gasteiger partial charge is 0.444 e. The molecule has 1 aromatic rings. The minimum Gasteiger partial charge on any atom is -0.444 e. The van der Waals surface area contributed by atoms with Gasteiger partial charge in [0.05, 0.1) is 31.5 Å². The Morgan fingerprint density at radius 2 is 1.88 bits per heavy atom. The van der Waals surface area contributed by atoms with Crippen molar-refractivity contribution in [3.05, 3.63) is 34.3 Å². The Bertz CT molecular complexity index is 1450. The highest BCUT2D eigenvalue weighted by Crippen LogP contribution is 2.40. The van der Waals surface area contributed by atoms with E-state index in [0.29, 0.717) is 36.6 Å². The van der Waals surface area contributed by atoms with Crippen LogP contribution in [0, 0.1) is 12.3 Å². The quantitative estimate of drug-likeness (QED) is 0.299. The fourth-order valence-corrected chi connectivity index (χ4v) is 6.67. The summed E-state index contributed by atoms with van der Waals surface area (Å²) in [4.78, 5) is 74.7. The molecule has 0 aromatic heterocycles. The number of carbonyl (C=O) groups excluding carboxylic acids is 5. The summed E-state index contributed by atoms with van der Waals surface area (Å²) < 4.78 is 10.8. The van der Waals surface area contributed by atoms with E-state index in [1.165, 1.54) is 4.90 Å². The number of oxime groups is 1. The second-order valence-corrected chi connectivity index (χ2v) is 14.9. The zero-order valence-corrected chi connectivity index (χ0v) is 29.0. The first kappa shape index (κ1) is 35.6. The van der Waals surface area contributed by atoms with Crippen LogP contribution in [-0.4, -0.2) is 95.8 Å². The Balaban J connectivity index is 1.39. The molecule has 0 unspecified atom stereocenters. The van der Waals surface area contributed by atoms with E-state index in [-0.39, 0.29) is 32.0 Å². The maximum atomic E-state index is 14.5. The van der Waals surface area contributed by atoms with Crippen molar-refractivity contribution in [2.75, 3.05) is 19.8 Å². The van der Waals surface area contributed by atoms with Crippen LogP contribution in [0.1, 0.15) is 83.8 Å². The number of nitrogens with zero attached hydrogens (tertiary/aromatic N) is 2. The molecule has 4 amide bonds. The zero-order chi connectivity index (χ0) is 34.8. The van der Waals surface area contributed by atoms with Crippen molar-refractivity contribution in [2.24, 2.45) is 10.6 Å². The van der Waals surface area contributed by atoms with Gasteiger partial charge in [-0.1, -0.05) is 50.9 Å². The van der Waals surface area contributed by atoms with Crippen molar-refractivity contribution in [1.82, 2.24) is 20.9 Å². The molecule has 1 saturated carbocycles. The van der Waals surface area contributed by atoms with E-state index in [2.05, 4.69) is 21.1 Å². The number of halogens is 1. The normalized spacial score (nSPS) is 24.8. The lowest BCUT2D eigenvalue weighted by Gasteiger charge is -2.35. The molecule has 3 aliphatic heterocycles. The minimum absolute atomic E-state index is 0.00913. The first-order chi connectivity index (χ1) is 22.7. The van der Waals surface area contributed by atoms with Crippen LogP contribution in [0.3, 0.4) is 0 Å². The van der Waals surface area contributed by atoms with Gasteiger partial charge in [0, 0.05) is 35.9 Å². The molecule has 3 heterocycles. The Morgan fingerprint density at radius 3 is 2.50 bits per heavy atom. The lowest BCUT2D eigenvalue weighted by Crippen LogP contribution is -2.59. The van der Waals surface area contributed by atoms with E-state index in [9.17, 15) is 24.0 Å².